The van der Waals surface area contributed by atoms with E-state index in [1.165, 1.54) is 96.3 Å². The van der Waals surface area contributed by atoms with Gasteiger partial charge in [-0.1, -0.05) is 146 Å². The van der Waals surface area contributed by atoms with E-state index in [-0.39, 0.29) is 0 Å². The molecular weight excluding hydrogens is 364 g/mol. The Kier molecular flexibility index (Phi) is 13.2. The number of ketones is 1. The van der Waals surface area contributed by atoms with Gasteiger partial charge in [0, 0.05) is 12.0 Å². The normalized spacial score (nSPS) is 11.2. The van der Waals surface area contributed by atoms with Crippen LogP contribution < -0.4 is 0 Å². The SMILES string of the molecule is CCCCCCCCCCCCCCCCCCC(=O)c1cccc2ccccc12. The molecule has 0 aromatic heterocycles. The van der Waals surface area contributed by atoms with E-state index in [1.807, 2.05) is 24.3 Å². The third kappa shape index (κ3) is 9.92. The second-order valence-electron chi connectivity index (χ2n) is 9.00. The summed E-state index contributed by atoms with van der Waals surface area (Å²) in [6.45, 7) is 2.29. The Hall–Kier alpha value is -1.63. The summed E-state index contributed by atoms with van der Waals surface area (Å²) in [5, 5.41) is 2.26. The lowest BCUT2D eigenvalue weighted by molar-refractivity contribution is 0.0980. The molecular formula is C29H44O. The zero-order chi connectivity index (χ0) is 21.3. The van der Waals surface area contributed by atoms with Crippen LogP contribution in [0.4, 0.5) is 0 Å². The lowest BCUT2D eigenvalue weighted by Gasteiger charge is -2.06. The van der Waals surface area contributed by atoms with Crippen molar-refractivity contribution in [2.45, 2.75) is 116 Å². The number of unbranched alkanes of at least 4 members (excludes halogenated alkanes) is 15. The lowest BCUT2D eigenvalue weighted by Crippen LogP contribution is -2.00. The number of carbonyl (C=O) groups is 1. The number of hydrogen-bond donors (Lipinski definition) is 0. The van der Waals surface area contributed by atoms with Crippen LogP contribution in [0.15, 0.2) is 42.5 Å². The first-order valence-electron chi connectivity index (χ1n) is 12.8. The highest BCUT2D eigenvalue weighted by Crippen LogP contribution is 2.21. The maximum atomic E-state index is 12.6. The monoisotopic (exact) mass is 408 g/mol. The molecule has 0 fully saturated rings. The van der Waals surface area contributed by atoms with E-state index < -0.39 is 0 Å². The van der Waals surface area contributed by atoms with Gasteiger partial charge in [0.2, 0.25) is 0 Å². The molecule has 0 unspecified atom stereocenters. The van der Waals surface area contributed by atoms with Gasteiger partial charge in [0.1, 0.15) is 0 Å². The number of fused-ring (bicyclic) bond motifs is 1. The van der Waals surface area contributed by atoms with Gasteiger partial charge in [-0.3, -0.25) is 4.79 Å². The molecule has 0 saturated carbocycles. The molecule has 0 aliphatic carbocycles. The van der Waals surface area contributed by atoms with Crippen molar-refractivity contribution in [1.82, 2.24) is 0 Å². The average molecular weight is 409 g/mol. The molecule has 0 N–H and O–H groups in total. The van der Waals surface area contributed by atoms with Gasteiger partial charge in [-0.2, -0.15) is 0 Å². The molecule has 30 heavy (non-hydrogen) atoms. The van der Waals surface area contributed by atoms with Gasteiger partial charge in [-0.05, 0) is 17.2 Å². The fourth-order valence-electron chi connectivity index (χ4n) is 4.44. The molecule has 0 heterocycles. The second kappa shape index (κ2) is 16.1. The lowest BCUT2D eigenvalue weighted by atomic mass is 9.98. The van der Waals surface area contributed by atoms with E-state index in [0.29, 0.717) is 12.2 Å². The van der Waals surface area contributed by atoms with Gasteiger partial charge in [-0.15, -0.1) is 0 Å². The van der Waals surface area contributed by atoms with E-state index in [1.54, 1.807) is 0 Å². The Labute approximate surface area is 185 Å². The number of rotatable bonds is 18. The molecule has 2 rings (SSSR count). The van der Waals surface area contributed by atoms with E-state index in [2.05, 4.69) is 25.1 Å². The largest absolute Gasteiger partial charge is 0.294 e. The van der Waals surface area contributed by atoms with E-state index in [9.17, 15) is 4.79 Å². The van der Waals surface area contributed by atoms with Gasteiger partial charge < -0.3 is 0 Å². The topological polar surface area (TPSA) is 17.1 Å². The standard InChI is InChI=1S/C29H44O/c1-2-3-4-5-6-7-8-9-10-11-12-13-14-15-16-17-25-29(30)28-24-20-22-26-21-18-19-23-27(26)28/h18-24H,2-17,25H2,1H3. The third-order valence-corrected chi connectivity index (χ3v) is 6.35. The molecule has 1 nitrogen and oxygen atoms in total. The van der Waals surface area contributed by atoms with Gasteiger partial charge in [-0.25, -0.2) is 0 Å². The van der Waals surface area contributed by atoms with Gasteiger partial charge in [0.15, 0.2) is 5.78 Å². The van der Waals surface area contributed by atoms with Crippen molar-refractivity contribution < 1.29 is 4.79 Å². The number of benzene rings is 2. The van der Waals surface area contributed by atoms with Crippen LogP contribution in [0.3, 0.4) is 0 Å². The van der Waals surface area contributed by atoms with Crippen LogP contribution in [-0.4, -0.2) is 5.78 Å². The summed E-state index contributed by atoms with van der Waals surface area (Å²) >= 11 is 0. The van der Waals surface area contributed by atoms with Crippen molar-refractivity contribution >= 4 is 16.6 Å². The first kappa shape index (κ1) is 24.6. The van der Waals surface area contributed by atoms with E-state index in [4.69, 9.17) is 0 Å². The van der Waals surface area contributed by atoms with Gasteiger partial charge in [0.05, 0.1) is 0 Å². The summed E-state index contributed by atoms with van der Waals surface area (Å²) < 4.78 is 0. The van der Waals surface area contributed by atoms with E-state index >= 15 is 0 Å². The van der Waals surface area contributed by atoms with Crippen molar-refractivity contribution in [2.24, 2.45) is 0 Å². The molecule has 1 heteroatoms. The van der Waals surface area contributed by atoms with Crippen LogP contribution in [0.5, 0.6) is 0 Å². The first-order chi connectivity index (χ1) is 14.8. The number of Topliss-reactive ketones (excluding diaryl/α,β-unsaturated/α-hetero) is 1. The molecule has 0 saturated heterocycles. The summed E-state index contributed by atoms with van der Waals surface area (Å²) in [7, 11) is 0. The van der Waals surface area contributed by atoms with Crippen molar-refractivity contribution in [1.29, 1.82) is 0 Å². The van der Waals surface area contributed by atoms with E-state index in [0.717, 1.165) is 22.8 Å². The highest BCUT2D eigenvalue weighted by atomic mass is 16.1. The summed E-state index contributed by atoms with van der Waals surface area (Å²) in [5.41, 5.74) is 0.897. The Bertz CT molecular complexity index is 697. The van der Waals surface area contributed by atoms with Crippen LogP contribution in [0.2, 0.25) is 0 Å². The Morgan fingerprint density at radius 1 is 0.567 bits per heavy atom. The minimum atomic E-state index is 0.303. The summed E-state index contributed by atoms with van der Waals surface area (Å²) in [4.78, 5) is 12.6. The molecule has 0 amide bonds. The van der Waals surface area contributed by atoms with Crippen LogP contribution in [0.25, 0.3) is 10.8 Å². The highest BCUT2D eigenvalue weighted by Gasteiger charge is 2.09. The van der Waals surface area contributed by atoms with Gasteiger partial charge in [0.25, 0.3) is 0 Å². The zero-order valence-electron chi connectivity index (χ0n) is 19.5. The van der Waals surface area contributed by atoms with Crippen LogP contribution in [-0.2, 0) is 0 Å². The van der Waals surface area contributed by atoms with Crippen molar-refractivity contribution in [3.05, 3.63) is 48.0 Å². The Morgan fingerprint density at radius 3 is 1.60 bits per heavy atom. The molecule has 0 atom stereocenters. The quantitative estimate of drug-likeness (QED) is 0.177. The summed E-state index contributed by atoms with van der Waals surface area (Å²) in [6.07, 6.45) is 22.5. The van der Waals surface area contributed by atoms with Crippen molar-refractivity contribution in [3.63, 3.8) is 0 Å². The molecule has 166 valence electrons. The minimum absolute atomic E-state index is 0.303. The average Bonchev–Trinajstić information content (AvgIpc) is 2.78. The van der Waals surface area contributed by atoms with Gasteiger partial charge >= 0.3 is 0 Å². The molecule has 0 aliphatic heterocycles. The van der Waals surface area contributed by atoms with Crippen LogP contribution >= 0.6 is 0 Å². The predicted octanol–water partition coefficient (Wildman–Crippen LogP) is 9.67. The van der Waals surface area contributed by atoms with Crippen LogP contribution in [0, 0.1) is 0 Å². The first-order valence-corrected chi connectivity index (χ1v) is 12.8. The fourth-order valence-corrected chi connectivity index (χ4v) is 4.44. The molecule has 0 aliphatic rings. The highest BCUT2D eigenvalue weighted by molar-refractivity contribution is 6.08. The Morgan fingerprint density at radius 2 is 1.03 bits per heavy atom. The molecule has 0 spiro atoms. The maximum absolute atomic E-state index is 12.6. The molecule has 0 radical (unpaired) electrons. The Balaban J connectivity index is 1.41. The fraction of sp³-hybridized carbons (Fsp3) is 0.621. The molecule has 2 aromatic carbocycles. The minimum Gasteiger partial charge on any atom is -0.294 e. The van der Waals surface area contributed by atoms with Crippen molar-refractivity contribution in [2.75, 3.05) is 0 Å². The van der Waals surface area contributed by atoms with Crippen LogP contribution in [0.1, 0.15) is 126 Å². The maximum Gasteiger partial charge on any atom is 0.163 e. The molecule has 0 bridgehead atoms. The summed E-state index contributed by atoms with van der Waals surface area (Å²) in [6, 6.07) is 14.3. The number of hydrogen-bond acceptors (Lipinski definition) is 1. The second-order valence-corrected chi connectivity index (χ2v) is 9.00. The third-order valence-electron chi connectivity index (χ3n) is 6.35. The smallest absolute Gasteiger partial charge is 0.163 e. The predicted molar refractivity (Wildman–Crippen MR) is 132 cm³/mol. The molecule has 2 aromatic rings. The number of carbonyl (C=O) groups excluding carboxylic acids is 1. The zero-order valence-corrected chi connectivity index (χ0v) is 19.5. The van der Waals surface area contributed by atoms with Crippen molar-refractivity contribution in [3.8, 4) is 0 Å². The summed E-state index contributed by atoms with van der Waals surface area (Å²) in [5.74, 6) is 0.303.